The van der Waals surface area contributed by atoms with Gasteiger partial charge in [-0.15, -0.1) is 0 Å². The highest BCUT2D eigenvalue weighted by atomic mass is 32.2. The Morgan fingerprint density at radius 2 is 2.00 bits per heavy atom. The van der Waals surface area contributed by atoms with Gasteiger partial charge < -0.3 is 20.7 Å². The second-order valence-electron chi connectivity index (χ2n) is 8.10. The molecule has 1 atom stereocenters. The Labute approximate surface area is 193 Å². The van der Waals surface area contributed by atoms with E-state index in [1.165, 1.54) is 11.1 Å². The number of aryl methyl sites for hydroxylation is 1. The van der Waals surface area contributed by atoms with E-state index in [1.54, 1.807) is 23.9 Å². The van der Waals surface area contributed by atoms with E-state index in [2.05, 4.69) is 39.9 Å². The van der Waals surface area contributed by atoms with Crippen LogP contribution in [0.3, 0.4) is 0 Å². The van der Waals surface area contributed by atoms with Crippen molar-refractivity contribution in [2.75, 3.05) is 55.8 Å². The van der Waals surface area contributed by atoms with Gasteiger partial charge >= 0.3 is 0 Å². The molecule has 0 radical (unpaired) electrons. The minimum atomic E-state index is -0.301. The van der Waals surface area contributed by atoms with Crippen LogP contribution >= 0.6 is 11.8 Å². The van der Waals surface area contributed by atoms with E-state index >= 15 is 0 Å². The van der Waals surface area contributed by atoms with Crippen molar-refractivity contribution in [3.63, 3.8) is 0 Å². The molecule has 2 aliphatic heterocycles. The Morgan fingerprint density at radius 1 is 1.19 bits per heavy atom. The maximum atomic E-state index is 12.6. The van der Waals surface area contributed by atoms with Crippen molar-refractivity contribution in [2.24, 2.45) is 0 Å². The second-order valence-corrected chi connectivity index (χ2v) is 9.13. The molecule has 2 heterocycles. The molecule has 32 heavy (non-hydrogen) atoms. The third-order valence-electron chi connectivity index (χ3n) is 5.81. The summed E-state index contributed by atoms with van der Waals surface area (Å²) in [5.74, 6) is 1.34. The SMILES string of the molecule is Cc1ccccc1CSC[C@@H]1Nc2ccc(C(=O)NCCN3CCOCC3)cc2NC1=O. The first-order valence-corrected chi connectivity index (χ1v) is 12.2. The Balaban J connectivity index is 1.28. The molecular formula is C24H30N4O3S. The lowest BCUT2D eigenvalue weighted by atomic mass is 10.1. The first-order valence-electron chi connectivity index (χ1n) is 11.0. The van der Waals surface area contributed by atoms with Crippen LogP contribution in [0.4, 0.5) is 11.4 Å². The van der Waals surface area contributed by atoms with E-state index < -0.39 is 0 Å². The molecule has 2 aliphatic rings. The Hall–Kier alpha value is -2.55. The largest absolute Gasteiger partial charge is 0.379 e. The summed E-state index contributed by atoms with van der Waals surface area (Å²) in [5.41, 5.74) is 4.59. The maximum absolute atomic E-state index is 12.6. The first-order chi connectivity index (χ1) is 15.6. The quantitative estimate of drug-likeness (QED) is 0.569. The summed E-state index contributed by atoms with van der Waals surface area (Å²) in [4.78, 5) is 27.4. The molecule has 1 saturated heterocycles. The monoisotopic (exact) mass is 454 g/mol. The molecule has 3 N–H and O–H groups in total. The van der Waals surface area contributed by atoms with Crippen LogP contribution < -0.4 is 16.0 Å². The third-order valence-corrected chi connectivity index (χ3v) is 6.89. The first kappa shape index (κ1) is 22.6. The second kappa shape index (κ2) is 10.8. The van der Waals surface area contributed by atoms with Gasteiger partial charge in [-0.05, 0) is 36.2 Å². The number of hydrogen-bond donors (Lipinski definition) is 3. The minimum absolute atomic E-state index is 0.0698. The van der Waals surface area contributed by atoms with Crippen molar-refractivity contribution in [3.05, 3.63) is 59.2 Å². The number of nitrogens with one attached hydrogen (secondary N) is 3. The summed E-state index contributed by atoms with van der Waals surface area (Å²) < 4.78 is 5.34. The van der Waals surface area contributed by atoms with E-state index in [-0.39, 0.29) is 17.9 Å². The number of anilines is 2. The molecule has 4 rings (SSSR count). The van der Waals surface area contributed by atoms with Crippen molar-refractivity contribution in [1.29, 1.82) is 0 Å². The highest BCUT2D eigenvalue weighted by molar-refractivity contribution is 7.98. The molecule has 0 aromatic heterocycles. The van der Waals surface area contributed by atoms with Crippen LogP contribution in [0.1, 0.15) is 21.5 Å². The van der Waals surface area contributed by atoms with E-state index in [4.69, 9.17) is 4.74 Å². The van der Waals surface area contributed by atoms with Crippen LogP contribution in [-0.4, -0.2) is 67.9 Å². The van der Waals surface area contributed by atoms with Gasteiger partial charge in [0.05, 0.1) is 24.6 Å². The molecule has 1 fully saturated rings. The fourth-order valence-electron chi connectivity index (χ4n) is 3.82. The van der Waals surface area contributed by atoms with E-state index in [0.717, 1.165) is 44.3 Å². The van der Waals surface area contributed by atoms with Crippen molar-refractivity contribution in [2.45, 2.75) is 18.7 Å². The summed E-state index contributed by atoms with van der Waals surface area (Å²) >= 11 is 1.73. The molecule has 8 heteroatoms. The Morgan fingerprint density at radius 3 is 2.81 bits per heavy atom. The number of rotatable bonds is 8. The molecule has 0 aliphatic carbocycles. The minimum Gasteiger partial charge on any atom is -0.379 e. The van der Waals surface area contributed by atoms with Crippen LogP contribution in [0.15, 0.2) is 42.5 Å². The van der Waals surface area contributed by atoms with Crippen molar-refractivity contribution in [3.8, 4) is 0 Å². The predicted molar refractivity (Wildman–Crippen MR) is 129 cm³/mol. The fraction of sp³-hybridized carbons (Fsp3) is 0.417. The van der Waals surface area contributed by atoms with Gasteiger partial charge in [0.1, 0.15) is 6.04 Å². The predicted octanol–water partition coefficient (Wildman–Crippen LogP) is 2.72. The smallest absolute Gasteiger partial charge is 0.251 e. The van der Waals surface area contributed by atoms with Gasteiger partial charge in [-0.1, -0.05) is 24.3 Å². The molecule has 170 valence electrons. The molecule has 2 aromatic rings. The van der Waals surface area contributed by atoms with Gasteiger partial charge in [0, 0.05) is 43.2 Å². The summed E-state index contributed by atoms with van der Waals surface area (Å²) in [6.07, 6.45) is 0. The van der Waals surface area contributed by atoms with Crippen molar-refractivity contribution < 1.29 is 14.3 Å². The zero-order valence-electron chi connectivity index (χ0n) is 18.4. The summed E-state index contributed by atoms with van der Waals surface area (Å²) in [6, 6.07) is 13.4. The highest BCUT2D eigenvalue weighted by Gasteiger charge is 2.26. The Bertz CT molecular complexity index is 962. The number of thioether (sulfide) groups is 1. The van der Waals surface area contributed by atoms with Crippen LogP contribution in [0.25, 0.3) is 0 Å². The summed E-state index contributed by atoms with van der Waals surface area (Å²) in [7, 11) is 0. The van der Waals surface area contributed by atoms with Crippen molar-refractivity contribution >= 4 is 35.0 Å². The van der Waals surface area contributed by atoms with Gasteiger partial charge in [0.2, 0.25) is 5.91 Å². The molecule has 2 amide bonds. The summed E-state index contributed by atoms with van der Waals surface area (Å²) in [6.45, 7) is 6.79. The molecule has 0 bridgehead atoms. The van der Waals surface area contributed by atoms with E-state index in [1.807, 2.05) is 18.2 Å². The summed E-state index contributed by atoms with van der Waals surface area (Å²) in [5, 5.41) is 9.24. The van der Waals surface area contributed by atoms with Gasteiger partial charge in [-0.2, -0.15) is 11.8 Å². The van der Waals surface area contributed by atoms with Gasteiger partial charge in [0.25, 0.3) is 5.91 Å². The molecule has 0 saturated carbocycles. The molecule has 2 aromatic carbocycles. The van der Waals surface area contributed by atoms with Crippen LogP contribution in [0.2, 0.25) is 0 Å². The van der Waals surface area contributed by atoms with Gasteiger partial charge in [0.15, 0.2) is 0 Å². The number of nitrogens with zero attached hydrogens (tertiary/aromatic N) is 1. The third kappa shape index (κ3) is 5.82. The number of fused-ring (bicyclic) bond motifs is 1. The number of ether oxygens (including phenoxy) is 1. The fourth-order valence-corrected chi connectivity index (χ4v) is 4.95. The molecule has 7 nitrogen and oxygen atoms in total. The molecule has 0 unspecified atom stereocenters. The van der Waals surface area contributed by atoms with Crippen LogP contribution in [0, 0.1) is 6.92 Å². The number of carbonyl (C=O) groups is 2. The van der Waals surface area contributed by atoms with Crippen molar-refractivity contribution in [1.82, 2.24) is 10.2 Å². The lowest BCUT2D eigenvalue weighted by molar-refractivity contribution is -0.116. The average molecular weight is 455 g/mol. The number of amides is 2. The van der Waals surface area contributed by atoms with Crippen LogP contribution in [-0.2, 0) is 15.3 Å². The molecule has 0 spiro atoms. The molecular weight excluding hydrogens is 424 g/mol. The maximum Gasteiger partial charge on any atom is 0.251 e. The number of hydrogen-bond acceptors (Lipinski definition) is 6. The number of benzene rings is 2. The van der Waals surface area contributed by atoms with Gasteiger partial charge in [-0.25, -0.2) is 0 Å². The standard InChI is InChI=1S/C24H30N4O3S/c1-17-4-2-3-5-19(17)15-32-16-22-24(30)27-21-14-18(6-7-20(21)26-22)23(29)25-8-9-28-10-12-31-13-11-28/h2-7,14,22,26H,8-13,15-16H2,1H3,(H,25,29)(H,27,30)/t22-/m0/s1. The van der Waals surface area contributed by atoms with E-state index in [0.29, 0.717) is 23.5 Å². The Kier molecular flexibility index (Phi) is 7.68. The topological polar surface area (TPSA) is 82.7 Å². The average Bonchev–Trinajstić information content (AvgIpc) is 2.81. The number of carbonyl (C=O) groups excluding carboxylic acids is 2. The zero-order valence-corrected chi connectivity index (χ0v) is 19.2. The normalized spacial score (nSPS) is 18.4. The highest BCUT2D eigenvalue weighted by Crippen LogP contribution is 2.29. The van der Waals surface area contributed by atoms with Crippen LogP contribution in [0.5, 0.6) is 0 Å². The van der Waals surface area contributed by atoms with E-state index in [9.17, 15) is 9.59 Å². The van der Waals surface area contributed by atoms with Gasteiger partial charge in [-0.3, -0.25) is 14.5 Å². The number of morpholine rings is 1. The lowest BCUT2D eigenvalue weighted by Gasteiger charge is -2.27. The zero-order chi connectivity index (χ0) is 22.3. The lowest BCUT2D eigenvalue weighted by Crippen LogP contribution is -2.41.